The van der Waals surface area contributed by atoms with Gasteiger partial charge in [-0.25, -0.2) is 9.59 Å². The molecule has 0 spiro atoms. The Hall–Kier alpha value is -3.63. The Morgan fingerprint density at radius 2 is 1.72 bits per heavy atom. The molecule has 10 heteroatoms. The van der Waals surface area contributed by atoms with Gasteiger partial charge in [-0.05, 0) is 48.9 Å². The minimum Gasteiger partial charge on any atom is -0.466 e. The van der Waals surface area contributed by atoms with Crippen molar-refractivity contribution >= 4 is 29.4 Å². The summed E-state index contributed by atoms with van der Waals surface area (Å²) in [7, 11) is 1.27. The summed E-state index contributed by atoms with van der Waals surface area (Å²) in [4.78, 5) is 38.5. The first kappa shape index (κ1) is 29.9. The molecule has 2 aromatic carbocycles. The third-order valence-corrected chi connectivity index (χ3v) is 7.49. The van der Waals surface area contributed by atoms with Gasteiger partial charge in [0.2, 0.25) is 0 Å². The lowest BCUT2D eigenvalue weighted by Gasteiger charge is -2.32. The smallest absolute Gasteiger partial charge is 0.336 e. The summed E-state index contributed by atoms with van der Waals surface area (Å²) >= 11 is 1.64. The maximum atomic E-state index is 13.5. The van der Waals surface area contributed by atoms with Gasteiger partial charge in [-0.2, -0.15) is 0 Å². The molecule has 39 heavy (non-hydrogen) atoms. The van der Waals surface area contributed by atoms with Gasteiger partial charge in [0.15, 0.2) is 0 Å². The van der Waals surface area contributed by atoms with Crippen molar-refractivity contribution in [3.63, 3.8) is 0 Å². The van der Waals surface area contributed by atoms with Crippen LogP contribution in [0, 0.1) is 10.1 Å². The number of dihydropyridines is 1. The maximum Gasteiger partial charge on any atom is 0.336 e. The number of thioether (sulfide) groups is 1. The summed E-state index contributed by atoms with van der Waals surface area (Å²) in [5.74, 6) is -1.34. The van der Waals surface area contributed by atoms with Crippen LogP contribution < -0.4 is 5.32 Å². The molecule has 0 radical (unpaired) electrons. The maximum absolute atomic E-state index is 13.5. The van der Waals surface area contributed by atoms with E-state index in [1.807, 2.05) is 38.1 Å². The van der Waals surface area contributed by atoms with Gasteiger partial charge in [-0.15, -0.1) is 11.8 Å². The highest BCUT2D eigenvalue weighted by atomic mass is 32.2. The summed E-state index contributed by atoms with van der Waals surface area (Å²) in [6.45, 7) is 4.06. The van der Waals surface area contributed by atoms with Crippen molar-refractivity contribution in [3.05, 3.63) is 92.3 Å². The number of nitro groups is 1. The second kappa shape index (κ2) is 14.5. The number of allylic oxidation sites excluding steroid dienone is 2. The zero-order valence-corrected chi connectivity index (χ0v) is 23.2. The molecular formula is C29H34N2O7S. The van der Waals surface area contributed by atoms with Crippen molar-refractivity contribution in [2.45, 2.75) is 50.3 Å². The standard InChI is InChI=1S/C29H34N2O7S/c1-4-23-26(28(33)37-3)25(20-8-6-9-21(18-20)31(35)36)27(24(5-2)30-23)29(34)38-16-7-17-39-22-12-10-19(11-13-22)14-15-32/h6,8-13,18,25,30,32H,4-5,7,14-17H2,1-3H3. The molecule has 0 aliphatic carbocycles. The molecule has 0 saturated carbocycles. The van der Waals surface area contributed by atoms with Gasteiger partial charge in [0, 0.05) is 40.8 Å². The summed E-state index contributed by atoms with van der Waals surface area (Å²) in [5, 5.41) is 23.8. The van der Waals surface area contributed by atoms with Gasteiger partial charge < -0.3 is 19.9 Å². The van der Waals surface area contributed by atoms with E-state index < -0.39 is 22.8 Å². The first-order valence-corrected chi connectivity index (χ1v) is 13.9. The molecule has 0 bridgehead atoms. The van der Waals surface area contributed by atoms with Gasteiger partial charge in [0.1, 0.15) is 0 Å². The molecule has 1 unspecified atom stereocenters. The fourth-order valence-electron chi connectivity index (χ4n) is 4.48. The van der Waals surface area contributed by atoms with Crippen molar-refractivity contribution in [2.24, 2.45) is 0 Å². The van der Waals surface area contributed by atoms with Gasteiger partial charge >= 0.3 is 11.9 Å². The monoisotopic (exact) mass is 554 g/mol. The molecule has 1 atom stereocenters. The predicted molar refractivity (Wildman–Crippen MR) is 149 cm³/mol. The van der Waals surface area contributed by atoms with Gasteiger partial charge in [0.25, 0.3) is 5.69 Å². The van der Waals surface area contributed by atoms with Crippen LogP contribution in [-0.2, 0) is 25.5 Å². The number of carbonyl (C=O) groups is 2. The number of aliphatic hydroxyl groups is 1. The van der Waals surface area contributed by atoms with E-state index in [9.17, 15) is 19.7 Å². The van der Waals surface area contributed by atoms with Gasteiger partial charge in [-0.1, -0.05) is 38.1 Å². The van der Waals surface area contributed by atoms with Crippen molar-refractivity contribution in [1.29, 1.82) is 0 Å². The summed E-state index contributed by atoms with van der Waals surface area (Å²) in [6, 6.07) is 13.9. The van der Waals surface area contributed by atoms with Crippen LogP contribution in [0.1, 0.15) is 50.2 Å². The van der Waals surface area contributed by atoms with Crippen molar-refractivity contribution in [1.82, 2.24) is 5.32 Å². The van der Waals surface area contributed by atoms with Crippen LogP contribution in [0.4, 0.5) is 5.69 Å². The second-order valence-corrected chi connectivity index (χ2v) is 10.0. The Morgan fingerprint density at radius 3 is 2.31 bits per heavy atom. The molecule has 9 nitrogen and oxygen atoms in total. The number of nitrogens with zero attached hydrogens (tertiary/aromatic N) is 1. The minimum atomic E-state index is -0.872. The van der Waals surface area contributed by atoms with E-state index in [-0.39, 0.29) is 30.0 Å². The molecule has 0 fully saturated rings. The van der Waals surface area contributed by atoms with E-state index in [0.717, 1.165) is 16.2 Å². The van der Waals surface area contributed by atoms with Crippen LogP contribution in [0.3, 0.4) is 0 Å². The van der Waals surface area contributed by atoms with Crippen LogP contribution in [-0.4, -0.2) is 48.0 Å². The Morgan fingerprint density at radius 1 is 1.05 bits per heavy atom. The quantitative estimate of drug-likeness (QED) is 0.115. The molecule has 1 aliphatic rings. The topological polar surface area (TPSA) is 128 Å². The highest BCUT2D eigenvalue weighted by Gasteiger charge is 2.39. The number of non-ortho nitro benzene ring substituents is 1. The molecule has 208 valence electrons. The lowest BCUT2D eigenvalue weighted by Crippen LogP contribution is -2.33. The Bertz CT molecular complexity index is 1250. The Balaban J connectivity index is 1.81. The molecule has 2 N–H and O–H groups in total. The van der Waals surface area contributed by atoms with Crippen LogP contribution in [0.5, 0.6) is 0 Å². The first-order valence-electron chi connectivity index (χ1n) is 12.9. The average molecular weight is 555 g/mol. The number of ether oxygens (including phenoxy) is 2. The molecule has 3 rings (SSSR count). The van der Waals surface area contributed by atoms with E-state index in [1.54, 1.807) is 17.8 Å². The number of esters is 2. The van der Waals surface area contributed by atoms with Crippen LogP contribution in [0.2, 0.25) is 0 Å². The number of carbonyl (C=O) groups excluding carboxylic acids is 2. The molecule has 2 aromatic rings. The average Bonchev–Trinajstić information content (AvgIpc) is 2.96. The highest BCUT2D eigenvalue weighted by Crippen LogP contribution is 2.41. The van der Waals surface area contributed by atoms with E-state index in [1.165, 1.54) is 25.3 Å². The first-order chi connectivity index (χ1) is 18.8. The fraction of sp³-hybridized carbons (Fsp3) is 0.379. The summed E-state index contributed by atoms with van der Waals surface area (Å²) in [6.07, 6.45) is 2.17. The lowest BCUT2D eigenvalue weighted by atomic mass is 9.79. The lowest BCUT2D eigenvalue weighted by molar-refractivity contribution is -0.384. The number of hydrogen-bond acceptors (Lipinski definition) is 9. The second-order valence-electron chi connectivity index (χ2n) is 8.85. The number of methoxy groups -OCH3 is 1. The van der Waals surface area contributed by atoms with Crippen LogP contribution >= 0.6 is 11.8 Å². The SMILES string of the molecule is CCC1=C(C(=O)OC)C(c2cccc([N+](=O)[O-])c2)C(C(=O)OCCCSc2ccc(CCO)cc2)=C(CC)N1. The Kier molecular flexibility index (Phi) is 11.1. The third-order valence-electron chi connectivity index (χ3n) is 6.39. The molecule has 0 aromatic heterocycles. The normalized spacial score (nSPS) is 15.1. The van der Waals surface area contributed by atoms with Gasteiger partial charge in [0.05, 0.1) is 35.7 Å². The molecule has 1 heterocycles. The largest absolute Gasteiger partial charge is 0.466 e. The van der Waals surface area contributed by atoms with Crippen molar-refractivity contribution in [3.8, 4) is 0 Å². The number of aliphatic hydroxyl groups excluding tert-OH is 1. The molecule has 1 aliphatic heterocycles. The van der Waals surface area contributed by atoms with Crippen molar-refractivity contribution in [2.75, 3.05) is 26.1 Å². The van der Waals surface area contributed by atoms with E-state index >= 15 is 0 Å². The predicted octanol–water partition coefficient (Wildman–Crippen LogP) is 5.04. The fourth-order valence-corrected chi connectivity index (χ4v) is 5.31. The molecular weight excluding hydrogens is 520 g/mol. The van der Waals surface area contributed by atoms with E-state index in [2.05, 4.69) is 5.32 Å². The highest BCUT2D eigenvalue weighted by molar-refractivity contribution is 7.99. The van der Waals surface area contributed by atoms with Crippen LogP contribution in [0.15, 0.2) is 76.0 Å². The number of nitrogens with one attached hydrogen (secondary N) is 1. The minimum absolute atomic E-state index is 0.113. The van der Waals surface area contributed by atoms with Gasteiger partial charge in [-0.3, -0.25) is 10.1 Å². The number of benzene rings is 2. The number of hydrogen-bond donors (Lipinski definition) is 2. The summed E-state index contributed by atoms with van der Waals surface area (Å²) in [5.41, 5.74) is 3.08. The third kappa shape index (κ3) is 7.48. The van der Waals surface area contributed by atoms with E-state index in [0.29, 0.717) is 42.6 Å². The number of rotatable bonds is 13. The molecule has 0 saturated heterocycles. The zero-order valence-electron chi connectivity index (χ0n) is 22.4. The Labute approximate surface area is 232 Å². The summed E-state index contributed by atoms with van der Waals surface area (Å²) < 4.78 is 10.7. The molecule has 0 amide bonds. The van der Waals surface area contributed by atoms with Crippen molar-refractivity contribution < 1.29 is 29.1 Å². The van der Waals surface area contributed by atoms with Crippen LogP contribution in [0.25, 0.3) is 0 Å². The zero-order chi connectivity index (χ0) is 28.4. The van der Waals surface area contributed by atoms with E-state index in [4.69, 9.17) is 14.6 Å². The number of nitro benzene ring substituents is 1.